The molecule has 0 heterocycles. The molecule has 2 aromatic carbocycles. The van der Waals surface area contributed by atoms with Gasteiger partial charge in [0.05, 0.1) is 0 Å². The lowest BCUT2D eigenvalue weighted by Gasteiger charge is -2.11. The normalized spacial score (nSPS) is 10.0. The van der Waals surface area contributed by atoms with E-state index in [0.29, 0.717) is 22.6 Å². The Bertz CT molecular complexity index is 577. The number of ether oxygens (including phenoxy) is 1. The lowest BCUT2D eigenvalue weighted by molar-refractivity contribution is 0.476. The molecule has 0 atom stereocenters. The van der Waals surface area contributed by atoms with E-state index in [1.165, 1.54) is 48.6 Å². The molecule has 3 heteroatoms. The average Bonchev–Trinajstić information content (AvgIpc) is 2.42. The molecular weight excluding hydrogens is 246 g/mol. The van der Waals surface area contributed by atoms with Crippen molar-refractivity contribution in [2.75, 3.05) is 0 Å². The number of rotatable bonds is 4. The number of benzene rings is 2. The summed E-state index contributed by atoms with van der Waals surface area (Å²) in [7, 11) is 0. The fourth-order valence-electron chi connectivity index (χ4n) is 1.66. The molecule has 0 amide bonds. The summed E-state index contributed by atoms with van der Waals surface area (Å²) in [5.74, 6) is 0.160. The zero-order chi connectivity index (χ0) is 13.8. The molecule has 1 nitrogen and oxygen atoms in total. The first-order chi connectivity index (χ1) is 9.13. The van der Waals surface area contributed by atoms with Gasteiger partial charge in [0.1, 0.15) is 23.1 Å². The Morgan fingerprint density at radius 3 is 1.58 bits per heavy atom. The predicted octanol–water partition coefficient (Wildman–Crippen LogP) is 5.04. The first-order valence-corrected chi connectivity index (χ1v) is 5.66. The highest BCUT2D eigenvalue weighted by atomic mass is 19.1. The van der Waals surface area contributed by atoms with Crippen LogP contribution in [-0.4, -0.2) is 0 Å². The van der Waals surface area contributed by atoms with Crippen molar-refractivity contribution in [3.05, 3.63) is 72.3 Å². The molecule has 0 N–H and O–H groups in total. The van der Waals surface area contributed by atoms with Gasteiger partial charge in [0, 0.05) is 11.1 Å². The summed E-state index contributed by atoms with van der Waals surface area (Å²) in [4.78, 5) is 0. The molecule has 0 bridgehead atoms. The van der Waals surface area contributed by atoms with Crippen molar-refractivity contribution in [1.29, 1.82) is 0 Å². The zero-order valence-corrected chi connectivity index (χ0v) is 10.2. The van der Waals surface area contributed by atoms with E-state index in [0.717, 1.165) is 0 Å². The van der Waals surface area contributed by atoms with Gasteiger partial charge in [-0.25, -0.2) is 8.78 Å². The van der Waals surface area contributed by atoms with Crippen molar-refractivity contribution in [1.82, 2.24) is 0 Å². The first kappa shape index (κ1) is 13.0. The Hall–Kier alpha value is -2.42. The van der Waals surface area contributed by atoms with Gasteiger partial charge in [-0.15, -0.1) is 0 Å². The Kier molecular flexibility index (Phi) is 3.76. The largest absolute Gasteiger partial charge is 0.456 e. The van der Waals surface area contributed by atoms with Crippen LogP contribution in [0.15, 0.2) is 49.6 Å². The van der Waals surface area contributed by atoms with Gasteiger partial charge in [-0.3, -0.25) is 0 Å². The third-order valence-corrected chi connectivity index (χ3v) is 2.60. The highest BCUT2D eigenvalue weighted by molar-refractivity contribution is 5.60. The van der Waals surface area contributed by atoms with Crippen LogP contribution in [0.4, 0.5) is 8.78 Å². The minimum Gasteiger partial charge on any atom is -0.456 e. The third-order valence-electron chi connectivity index (χ3n) is 2.60. The Labute approximate surface area is 110 Å². The molecule has 0 fully saturated rings. The Balaban J connectivity index is 2.41. The minimum absolute atomic E-state index is 0.370. The molecule has 96 valence electrons. The lowest BCUT2D eigenvalue weighted by atomic mass is 10.1. The van der Waals surface area contributed by atoms with Crippen LogP contribution in [0.25, 0.3) is 12.2 Å². The summed E-state index contributed by atoms with van der Waals surface area (Å²) in [6.07, 6.45) is 2.99. The van der Waals surface area contributed by atoms with Crippen LogP contribution in [0.1, 0.15) is 11.1 Å². The minimum atomic E-state index is -0.370. The summed E-state index contributed by atoms with van der Waals surface area (Å²) < 4.78 is 31.9. The molecular formula is C16H12F2O. The standard InChI is InChI=1S/C16H12F2O/c1-3-11-9-13(17)5-7-15(11)19-16-8-6-14(18)10-12(16)4-2/h3-10H,1-2H2. The number of halogens is 2. The summed E-state index contributed by atoms with van der Waals surface area (Å²) in [5.41, 5.74) is 1.05. The number of hydrogen-bond donors (Lipinski definition) is 0. The van der Waals surface area contributed by atoms with Gasteiger partial charge < -0.3 is 4.74 Å². The molecule has 0 aliphatic carbocycles. The van der Waals surface area contributed by atoms with Gasteiger partial charge in [0.25, 0.3) is 0 Å². The van der Waals surface area contributed by atoms with Crippen molar-refractivity contribution in [3.8, 4) is 11.5 Å². The van der Waals surface area contributed by atoms with Gasteiger partial charge in [-0.05, 0) is 36.4 Å². The van der Waals surface area contributed by atoms with E-state index in [4.69, 9.17) is 4.74 Å². The summed E-state index contributed by atoms with van der Waals surface area (Å²) in [6.45, 7) is 7.21. The second-order valence-electron chi connectivity index (χ2n) is 3.87. The third kappa shape index (κ3) is 2.88. The summed E-state index contributed by atoms with van der Waals surface area (Å²) >= 11 is 0. The van der Waals surface area contributed by atoms with Crippen molar-refractivity contribution in [3.63, 3.8) is 0 Å². The van der Waals surface area contributed by atoms with Gasteiger partial charge >= 0.3 is 0 Å². The Morgan fingerprint density at radius 1 is 0.789 bits per heavy atom. The molecule has 19 heavy (non-hydrogen) atoms. The Morgan fingerprint density at radius 2 is 1.21 bits per heavy atom. The van der Waals surface area contributed by atoms with Crippen LogP contribution < -0.4 is 4.74 Å². The van der Waals surface area contributed by atoms with Crippen LogP contribution in [0.3, 0.4) is 0 Å². The van der Waals surface area contributed by atoms with Crippen LogP contribution in [-0.2, 0) is 0 Å². The van der Waals surface area contributed by atoms with Crippen LogP contribution in [0.5, 0.6) is 11.5 Å². The number of hydrogen-bond acceptors (Lipinski definition) is 1. The maximum atomic E-state index is 13.1. The second kappa shape index (κ2) is 5.48. The lowest BCUT2D eigenvalue weighted by Crippen LogP contribution is -1.91. The average molecular weight is 258 g/mol. The van der Waals surface area contributed by atoms with Crippen molar-refractivity contribution in [2.24, 2.45) is 0 Å². The highest BCUT2D eigenvalue weighted by Gasteiger charge is 2.07. The predicted molar refractivity (Wildman–Crippen MR) is 73.1 cm³/mol. The van der Waals surface area contributed by atoms with E-state index >= 15 is 0 Å². The molecule has 0 saturated carbocycles. The highest BCUT2D eigenvalue weighted by Crippen LogP contribution is 2.30. The molecule has 0 aromatic heterocycles. The van der Waals surface area contributed by atoms with Crippen LogP contribution >= 0.6 is 0 Å². The summed E-state index contributed by atoms with van der Waals surface area (Å²) in [6, 6.07) is 8.23. The van der Waals surface area contributed by atoms with Crippen molar-refractivity contribution >= 4 is 12.2 Å². The smallest absolute Gasteiger partial charge is 0.134 e. The van der Waals surface area contributed by atoms with Crippen molar-refractivity contribution < 1.29 is 13.5 Å². The fourth-order valence-corrected chi connectivity index (χ4v) is 1.66. The molecule has 2 rings (SSSR count). The molecule has 0 spiro atoms. The zero-order valence-electron chi connectivity index (χ0n) is 10.2. The van der Waals surface area contributed by atoms with Crippen LogP contribution in [0.2, 0.25) is 0 Å². The molecule has 2 aromatic rings. The van der Waals surface area contributed by atoms with E-state index in [-0.39, 0.29) is 11.6 Å². The SMILES string of the molecule is C=Cc1cc(F)ccc1Oc1ccc(F)cc1C=C. The van der Waals surface area contributed by atoms with Gasteiger partial charge in [-0.1, -0.05) is 25.3 Å². The van der Waals surface area contributed by atoms with E-state index in [1.54, 1.807) is 0 Å². The molecule has 0 aliphatic rings. The van der Waals surface area contributed by atoms with E-state index in [1.807, 2.05) is 0 Å². The van der Waals surface area contributed by atoms with Gasteiger partial charge in [0.2, 0.25) is 0 Å². The molecule has 0 radical (unpaired) electrons. The maximum Gasteiger partial charge on any atom is 0.134 e. The van der Waals surface area contributed by atoms with Gasteiger partial charge in [0.15, 0.2) is 0 Å². The monoisotopic (exact) mass is 258 g/mol. The molecule has 0 unspecified atom stereocenters. The van der Waals surface area contributed by atoms with E-state index < -0.39 is 0 Å². The molecule has 0 aliphatic heterocycles. The van der Waals surface area contributed by atoms with Gasteiger partial charge in [-0.2, -0.15) is 0 Å². The fraction of sp³-hybridized carbons (Fsp3) is 0. The van der Waals surface area contributed by atoms with E-state index in [2.05, 4.69) is 13.2 Å². The van der Waals surface area contributed by atoms with E-state index in [9.17, 15) is 8.78 Å². The quantitative estimate of drug-likeness (QED) is 0.746. The van der Waals surface area contributed by atoms with Crippen molar-refractivity contribution in [2.45, 2.75) is 0 Å². The topological polar surface area (TPSA) is 9.23 Å². The first-order valence-electron chi connectivity index (χ1n) is 5.66. The summed E-state index contributed by atoms with van der Waals surface area (Å²) in [5, 5.41) is 0. The van der Waals surface area contributed by atoms with Crippen LogP contribution in [0, 0.1) is 11.6 Å². The second-order valence-corrected chi connectivity index (χ2v) is 3.87. The maximum absolute atomic E-state index is 13.1. The molecule has 0 saturated heterocycles.